The molecule has 0 heterocycles. The second kappa shape index (κ2) is 50.4. The maximum absolute atomic E-state index is 12.0. The van der Waals surface area contributed by atoms with Gasteiger partial charge in [-0.25, -0.2) is 0 Å². The fourth-order valence-electron chi connectivity index (χ4n) is 8.33. The Hall–Kier alpha value is -0.790. The molecule has 2 heteroatoms. The van der Waals surface area contributed by atoms with Crippen molar-refractivity contribution in [3.8, 4) is 0 Å². The van der Waals surface area contributed by atoms with Crippen LogP contribution in [-0.2, 0) is 9.53 Å². The van der Waals surface area contributed by atoms with E-state index < -0.39 is 0 Å². The molecular formula is C54H106O2. The number of hydrogen-bond donors (Lipinski definition) is 0. The molecule has 0 bridgehead atoms. The van der Waals surface area contributed by atoms with E-state index in [0.29, 0.717) is 13.0 Å². The van der Waals surface area contributed by atoms with Crippen LogP contribution in [0.25, 0.3) is 0 Å². The summed E-state index contributed by atoms with van der Waals surface area (Å²) in [6.45, 7) is 7.61. The van der Waals surface area contributed by atoms with Gasteiger partial charge in [-0.1, -0.05) is 290 Å². The molecule has 0 aliphatic heterocycles. The molecule has 0 aliphatic rings. The highest BCUT2D eigenvalue weighted by Crippen LogP contribution is 2.18. The van der Waals surface area contributed by atoms with Gasteiger partial charge in [0.15, 0.2) is 0 Å². The Morgan fingerprint density at radius 2 is 0.661 bits per heavy atom. The minimum atomic E-state index is 0.0187. The average Bonchev–Trinajstić information content (AvgIpc) is 3.20. The quantitative estimate of drug-likeness (QED) is 0.0349. The summed E-state index contributed by atoms with van der Waals surface area (Å²) in [6.07, 6.45) is 68.0. The minimum Gasteiger partial charge on any atom is -0.466 e. The van der Waals surface area contributed by atoms with E-state index in [-0.39, 0.29) is 5.97 Å². The molecule has 0 rings (SSSR count). The van der Waals surface area contributed by atoms with Gasteiger partial charge in [0.1, 0.15) is 0 Å². The largest absolute Gasteiger partial charge is 0.466 e. The van der Waals surface area contributed by atoms with Crippen LogP contribution >= 0.6 is 0 Å². The first-order chi connectivity index (χ1) is 27.7. The zero-order valence-electron chi connectivity index (χ0n) is 39.3. The van der Waals surface area contributed by atoms with Crippen LogP contribution in [0.2, 0.25) is 0 Å². The van der Waals surface area contributed by atoms with Crippen molar-refractivity contribution in [3.05, 3.63) is 12.2 Å². The summed E-state index contributed by atoms with van der Waals surface area (Å²) in [4.78, 5) is 12.0. The van der Waals surface area contributed by atoms with E-state index in [2.05, 4.69) is 32.9 Å². The van der Waals surface area contributed by atoms with E-state index in [1.165, 1.54) is 270 Å². The van der Waals surface area contributed by atoms with Crippen molar-refractivity contribution in [2.24, 2.45) is 5.92 Å². The van der Waals surface area contributed by atoms with Crippen LogP contribution in [0.5, 0.6) is 0 Å². The summed E-state index contributed by atoms with van der Waals surface area (Å²) in [5.74, 6) is 0.960. The zero-order valence-corrected chi connectivity index (χ0v) is 39.3. The summed E-state index contributed by atoms with van der Waals surface area (Å²) >= 11 is 0. The molecular weight excluding hydrogens is 681 g/mol. The highest BCUT2D eigenvalue weighted by Gasteiger charge is 2.03. The van der Waals surface area contributed by atoms with Gasteiger partial charge in [0.25, 0.3) is 0 Å². The number of carbonyl (C=O) groups excluding carboxylic acids is 1. The van der Waals surface area contributed by atoms with E-state index in [1.807, 2.05) is 0 Å². The fraction of sp³-hybridized carbons (Fsp3) is 0.944. The third kappa shape index (κ3) is 49.4. The monoisotopic (exact) mass is 787 g/mol. The predicted molar refractivity (Wildman–Crippen MR) is 253 cm³/mol. The van der Waals surface area contributed by atoms with Gasteiger partial charge in [0, 0.05) is 6.42 Å². The molecule has 1 unspecified atom stereocenters. The van der Waals surface area contributed by atoms with Crippen molar-refractivity contribution in [2.75, 3.05) is 6.61 Å². The second-order valence-electron chi connectivity index (χ2n) is 18.5. The summed E-state index contributed by atoms with van der Waals surface area (Å²) in [7, 11) is 0. The minimum absolute atomic E-state index is 0.0187. The Balaban J connectivity index is 3.13. The van der Waals surface area contributed by atoms with Crippen LogP contribution in [0.1, 0.15) is 316 Å². The molecule has 56 heavy (non-hydrogen) atoms. The van der Waals surface area contributed by atoms with Gasteiger partial charge in [0.2, 0.25) is 0 Å². The highest BCUT2D eigenvalue weighted by molar-refractivity contribution is 5.69. The summed E-state index contributed by atoms with van der Waals surface area (Å²) in [5.41, 5.74) is 0. The van der Waals surface area contributed by atoms with E-state index in [0.717, 1.165) is 25.2 Å². The number of hydrogen-bond acceptors (Lipinski definition) is 2. The Labute approximate surface area is 355 Å². The predicted octanol–water partition coefficient (Wildman–Crippen LogP) is 19.7. The number of ether oxygens (including phenoxy) is 1. The summed E-state index contributed by atoms with van der Waals surface area (Å²) in [6, 6.07) is 0. The van der Waals surface area contributed by atoms with Crippen molar-refractivity contribution >= 4 is 5.97 Å². The van der Waals surface area contributed by atoms with Gasteiger partial charge >= 0.3 is 5.97 Å². The number of carbonyl (C=O) groups is 1. The van der Waals surface area contributed by atoms with Gasteiger partial charge in [-0.15, -0.1) is 0 Å². The number of unbranched alkanes of at least 4 members (excludes halogenated alkanes) is 40. The third-order valence-electron chi connectivity index (χ3n) is 12.7. The van der Waals surface area contributed by atoms with E-state index in [4.69, 9.17) is 4.74 Å². The molecule has 0 aliphatic carbocycles. The molecule has 0 aromatic carbocycles. The molecule has 334 valence electrons. The van der Waals surface area contributed by atoms with Crippen molar-refractivity contribution in [3.63, 3.8) is 0 Å². The Morgan fingerprint density at radius 1 is 0.375 bits per heavy atom. The van der Waals surface area contributed by atoms with Crippen molar-refractivity contribution in [2.45, 2.75) is 316 Å². The van der Waals surface area contributed by atoms with E-state index in [1.54, 1.807) is 0 Å². The van der Waals surface area contributed by atoms with Crippen LogP contribution in [0.15, 0.2) is 12.2 Å². The van der Waals surface area contributed by atoms with Gasteiger partial charge in [-0.2, -0.15) is 0 Å². The van der Waals surface area contributed by atoms with Crippen LogP contribution in [0.4, 0.5) is 0 Å². The molecule has 0 saturated carbocycles. The number of allylic oxidation sites excluding steroid dienone is 2. The first kappa shape index (κ1) is 55.2. The lowest BCUT2D eigenvalue weighted by molar-refractivity contribution is -0.143. The summed E-state index contributed by atoms with van der Waals surface area (Å²) < 4.78 is 5.46. The molecule has 0 N–H and O–H groups in total. The molecule has 2 nitrogen and oxygen atoms in total. The lowest BCUT2D eigenvalue weighted by atomic mass is 9.99. The lowest BCUT2D eigenvalue weighted by Gasteiger charge is -2.07. The number of esters is 1. The second-order valence-corrected chi connectivity index (χ2v) is 18.5. The molecule has 0 saturated heterocycles. The molecule has 0 aromatic heterocycles. The normalized spacial score (nSPS) is 12.3. The first-order valence-corrected chi connectivity index (χ1v) is 26.5. The van der Waals surface area contributed by atoms with Gasteiger partial charge in [-0.3, -0.25) is 4.79 Å². The van der Waals surface area contributed by atoms with Gasteiger partial charge in [0.05, 0.1) is 6.61 Å². The molecule has 0 aromatic rings. The van der Waals surface area contributed by atoms with Crippen LogP contribution in [0, 0.1) is 5.92 Å². The summed E-state index contributed by atoms with van der Waals surface area (Å²) in [5, 5.41) is 0. The molecule has 0 radical (unpaired) electrons. The zero-order chi connectivity index (χ0) is 40.5. The van der Waals surface area contributed by atoms with Gasteiger partial charge in [-0.05, 0) is 38.0 Å². The average molecular weight is 787 g/mol. The van der Waals surface area contributed by atoms with Gasteiger partial charge < -0.3 is 4.74 Å². The topological polar surface area (TPSA) is 26.3 Å². The Morgan fingerprint density at radius 3 is 1.00 bits per heavy atom. The van der Waals surface area contributed by atoms with Crippen molar-refractivity contribution in [1.82, 2.24) is 0 Å². The van der Waals surface area contributed by atoms with Crippen LogP contribution in [0.3, 0.4) is 0 Å². The smallest absolute Gasteiger partial charge is 0.305 e. The standard InChI is InChI=1S/C54H106O2/c1-4-6-7-8-9-10-35-39-42-45-48-51-54(55)56-52-49-46-43-40-37-34-32-30-28-26-24-22-20-18-16-14-12-11-13-15-17-19-21-23-25-27-29-31-33-36-38-41-44-47-50-53(3)5-2/h8-9,53H,4-7,10-52H2,1-3H3. The van der Waals surface area contributed by atoms with Crippen molar-refractivity contribution < 1.29 is 9.53 Å². The fourth-order valence-corrected chi connectivity index (χ4v) is 8.33. The number of rotatable bonds is 49. The maximum Gasteiger partial charge on any atom is 0.305 e. The first-order valence-electron chi connectivity index (χ1n) is 26.5. The molecule has 0 spiro atoms. The Kier molecular flexibility index (Phi) is 49.6. The molecule has 1 atom stereocenters. The highest BCUT2D eigenvalue weighted by atomic mass is 16.5. The maximum atomic E-state index is 12.0. The van der Waals surface area contributed by atoms with Crippen LogP contribution < -0.4 is 0 Å². The third-order valence-corrected chi connectivity index (χ3v) is 12.7. The SMILES string of the molecule is CCCCC=CCCCCCCCC(=O)OCCCCCCCCCCCCCCCCCCCCCCCCCCCCCCCCCCCCC(C)CC. The van der Waals surface area contributed by atoms with E-state index >= 15 is 0 Å². The van der Waals surface area contributed by atoms with Crippen LogP contribution in [-0.4, -0.2) is 12.6 Å². The van der Waals surface area contributed by atoms with Crippen molar-refractivity contribution in [1.29, 1.82) is 0 Å². The Bertz CT molecular complexity index is 743. The molecule has 0 fully saturated rings. The lowest BCUT2D eigenvalue weighted by Crippen LogP contribution is -2.05. The van der Waals surface area contributed by atoms with E-state index in [9.17, 15) is 4.79 Å². The molecule has 0 amide bonds.